The lowest BCUT2D eigenvalue weighted by Gasteiger charge is -2.44. The predicted octanol–water partition coefficient (Wildman–Crippen LogP) is 5.39. The van der Waals surface area contributed by atoms with Crippen LogP contribution in [-0.4, -0.2) is 82.3 Å². The fourth-order valence-corrected chi connectivity index (χ4v) is 7.30. The highest BCUT2D eigenvalue weighted by atomic mass is 32.1. The van der Waals surface area contributed by atoms with Crippen molar-refractivity contribution in [2.45, 2.75) is 97.3 Å². The molecular formula is C30H43N3O7S. The van der Waals surface area contributed by atoms with Gasteiger partial charge in [-0.25, -0.2) is 9.59 Å². The third-order valence-corrected chi connectivity index (χ3v) is 9.01. The molecule has 3 fully saturated rings. The van der Waals surface area contributed by atoms with Gasteiger partial charge >= 0.3 is 18.0 Å². The third-order valence-electron chi connectivity index (χ3n) is 8.01. The predicted molar refractivity (Wildman–Crippen MR) is 157 cm³/mol. The van der Waals surface area contributed by atoms with E-state index in [0.717, 1.165) is 50.0 Å². The number of esters is 1. The van der Waals surface area contributed by atoms with Gasteiger partial charge in [-0.15, -0.1) is 11.3 Å². The van der Waals surface area contributed by atoms with E-state index < -0.39 is 28.7 Å². The van der Waals surface area contributed by atoms with Crippen molar-refractivity contribution in [3.8, 4) is 0 Å². The second kappa shape index (κ2) is 11.8. The molecule has 0 saturated carbocycles. The van der Waals surface area contributed by atoms with Gasteiger partial charge < -0.3 is 19.5 Å². The first-order chi connectivity index (χ1) is 19.1. The number of anilines is 1. The molecule has 4 heterocycles. The lowest BCUT2D eigenvalue weighted by atomic mass is 9.74. The smallest absolute Gasteiger partial charge is 0.412 e. The minimum absolute atomic E-state index is 0.0822. The van der Waals surface area contributed by atoms with Gasteiger partial charge in [-0.05, 0) is 85.4 Å². The average Bonchev–Trinajstić information content (AvgIpc) is 3.36. The van der Waals surface area contributed by atoms with Crippen LogP contribution in [0.15, 0.2) is 11.6 Å². The molecule has 0 radical (unpaired) electrons. The number of hydrogen-bond acceptors (Lipinski definition) is 8. The number of carbonyl (C=O) groups excluding carboxylic acids is 3. The lowest BCUT2D eigenvalue weighted by Crippen LogP contribution is -2.53. The zero-order valence-electron chi connectivity index (χ0n) is 25.0. The van der Waals surface area contributed by atoms with Crippen LogP contribution in [0.25, 0.3) is 6.08 Å². The molecule has 1 spiro atoms. The fraction of sp³-hybridized carbons (Fsp3) is 0.667. The maximum absolute atomic E-state index is 13.7. The van der Waals surface area contributed by atoms with Crippen molar-refractivity contribution in [3.05, 3.63) is 22.1 Å². The summed E-state index contributed by atoms with van der Waals surface area (Å²) < 4.78 is 11.1. The van der Waals surface area contributed by atoms with Crippen LogP contribution in [-0.2, 0) is 19.1 Å². The number of cyclic esters (lactones) is 1. The first-order valence-electron chi connectivity index (χ1n) is 14.5. The summed E-state index contributed by atoms with van der Waals surface area (Å²) in [5.74, 6) is -1.32. The molecule has 0 aromatic carbocycles. The van der Waals surface area contributed by atoms with Gasteiger partial charge in [-0.2, -0.15) is 0 Å². The highest BCUT2D eigenvalue weighted by molar-refractivity contribution is 7.17. The Kier molecular flexibility index (Phi) is 8.90. The highest BCUT2D eigenvalue weighted by Crippen LogP contribution is 2.47. The van der Waals surface area contributed by atoms with Crippen LogP contribution in [0.1, 0.15) is 95.3 Å². The van der Waals surface area contributed by atoms with Gasteiger partial charge in [0, 0.05) is 42.5 Å². The molecule has 3 aliphatic rings. The molecule has 3 saturated heterocycles. The zero-order chi connectivity index (χ0) is 30.2. The molecule has 11 heteroatoms. The molecule has 226 valence electrons. The number of hydrogen-bond donors (Lipinski definition) is 2. The number of amides is 2. The number of nitrogens with one attached hydrogen (secondary N) is 1. The largest absolute Gasteiger partial charge is 0.478 e. The van der Waals surface area contributed by atoms with Crippen LogP contribution < -0.4 is 5.32 Å². The number of carboxylic acid groups (broad SMARTS) is 1. The molecule has 0 aliphatic carbocycles. The summed E-state index contributed by atoms with van der Waals surface area (Å²) in [5.41, 5.74) is -1.06. The first-order valence-corrected chi connectivity index (χ1v) is 15.3. The van der Waals surface area contributed by atoms with E-state index >= 15 is 0 Å². The summed E-state index contributed by atoms with van der Waals surface area (Å²) >= 11 is 1.15. The van der Waals surface area contributed by atoms with E-state index in [2.05, 4.69) is 10.2 Å². The molecule has 1 unspecified atom stereocenters. The first kappa shape index (κ1) is 31.0. The van der Waals surface area contributed by atoms with E-state index in [9.17, 15) is 24.3 Å². The van der Waals surface area contributed by atoms with Gasteiger partial charge in [0.2, 0.25) is 0 Å². The van der Waals surface area contributed by atoms with Gasteiger partial charge in [-0.1, -0.05) is 6.92 Å². The van der Waals surface area contributed by atoms with Crippen LogP contribution in [0, 0.1) is 5.41 Å². The summed E-state index contributed by atoms with van der Waals surface area (Å²) in [6.45, 7) is 13.7. The normalized spacial score (nSPS) is 23.9. The van der Waals surface area contributed by atoms with Crippen LogP contribution in [0.4, 0.5) is 9.80 Å². The van der Waals surface area contributed by atoms with Crippen molar-refractivity contribution in [1.82, 2.24) is 9.80 Å². The van der Waals surface area contributed by atoms with E-state index in [4.69, 9.17) is 9.47 Å². The monoisotopic (exact) mass is 589 g/mol. The highest BCUT2D eigenvalue weighted by Gasteiger charge is 2.54. The Labute approximate surface area is 246 Å². The number of rotatable bonds is 6. The lowest BCUT2D eigenvalue weighted by molar-refractivity contribution is -0.154. The minimum atomic E-state index is -1.02. The molecule has 41 heavy (non-hydrogen) atoms. The summed E-state index contributed by atoms with van der Waals surface area (Å²) in [5, 5.41) is 12.5. The Balaban J connectivity index is 1.47. The van der Waals surface area contributed by atoms with E-state index in [1.807, 2.05) is 13.8 Å². The van der Waals surface area contributed by atoms with Crippen molar-refractivity contribution >= 4 is 46.4 Å². The fourth-order valence-electron chi connectivity index (χ4n) is 6.29. The number of carboxylic acids is 1. The van der Waals surface area contributed by atoms with E-state index in [1.165, 1.54) is 6.08 Å². The van der Waals surface area contributed by atoms with Crippen molar-refractivity contribution < 1.29 is 33.8 Å². The quantitative estimate of drug-likeness (QED) is 0.334. The molecule has 2 N–H and O–H groups in total. The van der Waals surface area contributed by atoms with Crippen LogP contribution in [0.3, 0.4) is 0 Å². The number of likely N-dealkylation sites (tertiary alicyclic amines) is 2. The maximum atomic E-state index is 13.7. The average molecular weight is 590 g/mol. The van der Waals surface area contributed by atoms with Gasteiger partial charge in [-0.3, -0.25) is 19.8 Å². The number of carbonyl (C=O) groups is 4. The van der Waals surface area contributed by atoms with Crippen molar-refractivity contribution in [1.29, 1.82) is 0 Å². The number of nitrogens with zero attached hydrogens (tertiary/aromatic N) is 2. The topological polar surface area (TPSA) is 125 Å². The summed E-state index contributed by atoms with van der Waals surface area (Å²) in [4.78, 5) is 55.5. The van der Waals surface area contributed by atoms with Crippen LogP contribution in [0.2, 0.25) is 0 Å². The molecule has 1 atom stereocenters. The Morgan fingerprint density at radius 3 is 2.46 bits per heavy atom. The molecule has 3 aliphatic heterocycles. The summed E-state index contributed by atoms with van der Waals surface area (Å²) in [6.07, 6.45) is 5.29. The van der Waals surface area contributed by atoms with Crippen molar-refractivity contribution in [2.24, 2.45) is 5.41 Å². The molecule has 0 bridgehead atoms. The van der Waals surface area contributed by atoms with E-state index in [-0.39, 0.29) is 23.5 Å². The molecule has 10 nitrogen and oxygen atoms in total. The van der Waals surface area contributed by atoms with E-state index in [0.29, 0.717) is 41.5 Å². The molecular weight excluding hydrogens is 546 g/mol. The zero-order valence-corrected chi connectivity index (χ0v) is 25.8. The van der Waals surface area contributed by atoms with Crippen molar-refractivity contribution in [2.75, 3.05) is 31.5 Å². The number of ether oxygens (including phenoxy) is 2. The van der Waals surface area contributed by atoms with Gasteiger partial charge in [0.25, 0.3) is 5.91 Å². The third kappa shape index (κ3) is 7.30. The Hall–Kier alpha value is -2.92. The maximum Gasteiger partial charge on any atom is 0.412 e. The number of piperidine rings is 2. The standard InChI is InChI=1S/C30H43N3O7S/c1-7-19(25(35)36)15-21-16-22(23(41-21)31-27(38)40-28(2,3)4)24(34)32-13-9-20(10-14-32)33-12-8-11-30(18-33)17-29(5,6)39-26(30)37/h15-16,20H,7-14,17-18H2,1-6H3,(H,31,38)(H,35,36). The summed E-state index contributed by atoms with van der Waals surface area (Å²) in [6, 6.07) is 1.92. The van der Waals surface area contributed by atoms with Gasteiger partial charge in [0.15, 0.2) is 0 Å². The second-order valence-corrected chi connectivity index (χ2v) is 14.1. The Bertz CT molecular complexity index is 1220. The van der Waals surface area contributed by atoms with Gasteiger partial charge in [0.05, 0.1) is 11.0 Å². The van der Waals surface area contributed by atoms with E-state index in [1.54, 1.807) is 38.7 Å². The van der Waals surface area contributed by atoms with Crippen LogP contribution >= 0.6 is 11.3 Å². The molecule has 4 rings (SSSR count). The number of thiophene rings is 1. The Morgan fingerprint density at radius 1 is 1.22 bits per heavy atom. The summed E-state index contributed by atoms with van der Waals surface area (Å²) in [7, 11) is 0. The number of aliphatic carboxylic acids is 1. The molecule has 1 aromatic heterocycles. The SMILES string of the molecule is CCC(=Cc1cc(C(=O)N2CCC(N3CCCC4(C3)CC(C)(C)OC4=O)CC2)c(NC(=O)OC(C)(C)C)s1)C(=O)O. The molecule has 1 aromatic rings. The molecule has 2 amide bonds. The van der Waals surface area contributed by atoms with Crippen LogP contribution in [0.5, 0.6) is 0 Å². The van der Waals surface area contributed by atoms with Crippen molar-refractivity contribution in [3.63, 3.8) is 0 Å². The minimum Gasteiger partial charge on any atom is -0.478 e. The Morgan fingerprint density at radius 2 is 1.90 bits per heavy atom. The van der Waals surface area contributed by atoms with Gasteiger partial charge in [0.1, 0.15) is 16.2 Å². The second-order valence-electron chi connectivity index (χ2n) is 13.1.